The summed E-state index contributed by atoms with van der Waals surface area (Å²) in [6.07, 6.45) is 5.37. The first-order chi connectivity index (χ1) is 9.61. The number of carbonyl (C=O) groups excluding carboxylic acids is 1. The van der Waals surface area contributed by atoms with Gasteiger partial charge in [-0.2, -0.15) is 0 Å². The minimum absolute atomic E-state index is 0.0165. The second-order valence-electron chi connectivity index (χ2n) is 5.31. The topological polar surface area (TPSA) is 69.4 Å². The molecule has 1 unspecified atom stereocenters. The van der Waals surface area contributed by atoms with Gasteiger partial charge >= 0.3 is 5.97 Å². The largest absolute Gasteiger partial charge is 0.469 e. The summed E-state index contributed by atoms with van der Waals surface area (Å²) in [5, 5.41) is 10.8. The van der Waals surface area contributed by atoms with Gasteiger partial charge in [0.25, 0.3) is 5.69 Å². The number of benzene rings is 1. The van der Waals surface area contributed by atoms with Gasteiger partial charge in [-0.05, 0) is 17.9 Å². The van der Waals surface area contributed by atoms with Crippen LogP contribution in [-0.2, 0) is 9.53 Å². The van der Waals surface area contributed by atoms with E-state index in [1.54, 1.807) is 12.1 Å². The van der Waals surface area contributed by atoms with Crippen molar-refractivity contribution in [3.63, 3.8) is 0 Å². The maximum atomic E-state index is 12.0. The third-order valence-corrected chi connectivity index (χ3v) is 4.01. The van der Waals surface area contributed by atoms with Crippen molar-refractivity contribution >= 4 is 11.7 Å². The minimum atomic E-state index is -0.437. The Bertz CT molecular complexity index is 494. The van der Waals surface area contributed by atoms with Gasteiger partial charge in [0.1, 0.15) is 0 Å². The number of ether oxygens (including phenoxy) is 1. The lowest BCUT2D eigenvalue weighted by molar-refractivity contribution is -0.384. The zero-order valence-electron chi connectivity index (χ0n) is 11.6. The van der Waals surface area contributed by atoms with Gasteiger partial charge in [0, 0.05) is 12.1 Å². The zero-order chi connectivity index (χ0) is 14.5. The van der Waals surface area contributed by atoms with E-state index in [0.717, 1.165) is 12.8 Å². The molecule has 0 aliphatic heterocycles. The molecular formula is C15H19NO4. The van der Waals surface area contributed by atoms with E-state index in [9.17, 15) is 14.9 Å². The van der Waals surface area contributed by atoms with E-state index in [-0.39, 0.29) is 11.7 Å². The van der Waals surface area contributed by atoms with E-state index in [1.807, 2.05) is 0 Å². The van der Waals surface area contributed by atoms with Crippen LogP contribution in [0.25, 0.3) is 0 Å². The van der Waals surface area contributed by atoms with Crippen LogP contribution in [0, 0.1) is 16.0 Å². The van der Waals surface area contributed by atoms with Crippen molar-refractivity contribution in [2.24, 2.45) is 5.92 Å². The second kappa shape index (κ2) is 6.50. The predicted octanol–water partition coefficient (Wildman–Crippen LogP) is 3.43. The molecule has 0 saturated heterocycles. The Balaban J connectivity index is 2.23. The summed E-state index contributed by atoms with van der Waals surface area (Å²) in [5.74, 6) is -0.196. The van der Waals surface area contributed by atoms with Crippen LogP contribution in [0.15, 0.2) is 24.3 Å². The third-order valence-electron chi connectivity index (χ3n) is 4.01. The maximum absolute atomic E-state index is 12.0. The number of hydrogen-bond donors (Lipinski definition) is 0. The average molecular weight is 277 g/mol. The lowest BCUT2D eigenvalue weighted by Crippen LogP contribution is -2.17. The first kappa shape index (κ1) is 14.5. The first-order valence-electron chi connectivity index (χ1n) is 6.94. The number of nitro benzene ring substituents is 1. The minimum Gasteiger partial charge on any atom is -0.469 e. The molecule has 0 spiro atoms. The number of esters is 1. The van der Waals surface area contributed by atoms with Gasteiger partial charge in [0.05, 0.1) is 18.0 Å². The molecule has 0 radical (unpaired) electrons. The summed E-state index contributed by atoms with van der Waals surface area (Å²) in [7, 11) is 1.36. The Morgan fingerprint density at radius 1 is 1.45 bits per heavy atom. The van der Waals surface area contributed by atoms with Gasteiger partial charge in [-0.1, -0.05) is 37.8 Å². The summed E-state index contributed by atoms with van der Waals surface area (Å²) in [4.78, 5) is 22.4. The number of hydrogen-bond acceptors (Lipinski definition) is 4. The van der Waals surface area contributed by atoms with Crippen molar-refractivity contribution in [3.8, 4) is 0 Å². The van der Waals surface area contributed by atoms with Crippen molar-refractivity contribution in [1.82, 2.24) is 0 Å². The van der Waals surface area contributed by atoms with Gasteiger partial charge < -0.3 is 4.74 Å². The number of rotatable bonds is 5. The van der Waals surface area contributed by atoms with Crippen molar-refractivity contribution in [3.05, 3.63) is 39.9 Å². The standard InChI is InChI=1S/C15H19NO4/c1-20-15(17)14(9-11-5-2-3-6-11)12-7-4-8-13(10-12)16(18)19/h4,7-8,10-11,14H,2-3,5-6,9H2,1H3. The Morgan fingerprint density at radius 2 is 2.15 bits per heavy atom. The van der Waals surface area contributed by atoms with Gasteiger partial charge in [-0.25, -0.2) is 0 Å². The molecule has 0 N–H and O–H groups in total. The van der Waals surface area contributed by atoms with E-state index in [0.29, 0.717) is 17.9 Å². The highest BCUT2D eigenvalue weighted by Gasteiger charge is 2.28. The van der Waals surface area contributed by atoms with E-state index in [1.165, 1.54) is 32.1 Å². The molecule has 1 aromatic carbocycles. The smallest absolute Gasteiger partial charge is 0.313 e. The predicted molar refractivity (Wildman–Crippen MR) is 74.4 cm³/mol. The summed E-state index contributed by atoms with van der Waals surface area (Å²) in [5.41, 5.74) is 0.695. The highest BCUT2D eigenvalue weighted by Crippen LogP contribution is 2.35. The van der Waals surface area contributed by atoms with Crippen LogP contribution < -0.4 is 0 Å². The second-order valence-corrected chi connectivity index (χ2v) is 5.31. The van der Waals surface area contributed by atoms with Gasteiger partial charge in [0.2, 0.25) is 0 Å². The van der Waals surface area contributed by atoms with Gasteiger partial charge in [0.15, 0.2) is 0 Å². The molecule has 2 rings (SSSR count). The molecule has 108 valence electrons. The first-order valence-corrected chi connectivity index (χ1v) is 6.94. The molecule has 5 nitrogen and oxygen atoms in total. The maximum Gasteiger partial charge on any atom is 0.313 e. The fraction of sp³-hybridized carbons (Fsp3) is 0.533. The molecule has 1 aliphatic rings. The molecule has 1 saturated carbocycles. The van der Waals surface area contributed by atoms with Crippen molar-refractivity contribution in [2.45, 2.75) is 38.0 Å². The normalized spacial score (nSPS) is 16.9. The Kier molecular flexibility index (Phi) is 4.71. The number of non-ortho nitro benzene ring substituents is 1. The van der Waals surface area contributed by atoms with Crippen LogP contribution in [0.4, 0.5) is 5.69 Å². The van der Waals surface area contributed by atoms with Crippen LogP contribution in [0.1, 0.15) is 43.6 Å². The lowest BCUT2D eigenvalue weighted by atomic mass is 9.88. The molecule has 1 aromatic rings. The zero-order valence-corrected chi connectivity index (χ0v) is 11.6. The van der Waals surface area contributed by atoms with E-state index in [4.69, 9.17) is 4.74 Å². The summed E-state index contributed by atoms with van der Waals surface area (Å²) >= 11 is 0. The fourth-order valence-corrected chi connectivity index (χ4v) is 2.95. The number of nitro groups is 1. The Labute approximate surface area is 118 Å². The average Bonchev–Trinajstić information content (AvgIpc) is 2.97. The Hall–Kier alpha value is -1.91. The van der Waals surface area contributed by atoms with Crippen molar-refractivity contribution < 1.29 is 14.5 Å². The van der Waals surface area contributed by atoms with Crippen LogP contribution in [0.3, 0.4) is 0 Å². The highest BCUT2D eigenvalue weighted by molar-refractivity contribution is 5.78. The highest BCUT2D eigenvalue weighted by atomic mass is 16.6. The van der Waals surface area contributed by atoms with Crippen molar-refractivity contribution in [1.29, 1.82) is 0 Å². The monoisotopic (exact) mass is 277 g/mol. The van der Waals surface area contributed by atoms with E-state index >= 15 is 0 Å². The van der Waals surface area contributed by atoms with Gasteiger partial charge in [-0.3, -0.25) is 14.9 Å². The summed E-state index contributed by atoms with van der Waals surface area (Å²) in [6, 6.07) is 6.31. The SMILES string of the molecule is COC(=O)C(CC1CCCC1)c1cccc([N+](=O)[O-])c1. The molecular weight excluding hydrogens is 258 g/mol. The summed E-state index contributed by atoms with van der Waals surface area (Å²) < 4.78 is 4.87. The fourth-order valence-electron chi connectivity index (χ4n) is 2.95. The van der Waals surface area contributed by atoms with Gasteiger partial charge in [-0.15, -0.1) is 0 Å². The lowest BCUT2D eigenvalue weighted by Gasteiger charge is -2.18. The Morgan fingerprint density at radius 3 is 2.75 bits per heavy atom. The third kappa shape index (κ3) is 3.35. The van der Waals surface area contributed by atoms with Crippen LogP contribution >= 0.6 is 0 Å². The van der Waals surface area contributed by atoms with E-state index in [2.05, 4.69) is 0 Å². The molecule has 0 heterocycles. The molecule has 1 aliphatic carbocycles. The molecule has 20 heavy (non-hydrogen) atoms. The quantitative estimate of drug-likeness (QED) is 0.469. The number of carbonyl (C=O) groups is 1. The molecule has 5 heteroatoms. The molecule has 1 atom stereocenters. The molecule has 0 bridgehead atoms. The summed E-state index contributed by atoms with van der Waals surface area (Å²) in [6.45, 7) is 0. The van der Waals surface area contributed by atoms with Crippen molar-refractivity contribution in [2.75, 3.05) is 7.11 Å². The van der Waals surface area contributed by atoms with E-state index < -0.39 is 10.8 Å². The van der Waals surface area contributed by atoms with Crippen LogP contribution in [0.2, 0.25) is 0 Å². The van der Waals surface area contributed by atoms with Crippen LogP contribution in [-0.4, -0.2) is 18.0 Å². The molecule has 0 aromatic heterocycles. The molecule has 1 fully saturated rings. The van der Waals surface area contributed by atoms with Crippen LogP contribution in [0.5, 0.6) is 0 Å². The molecule has 0 amide bonds. The number of methoxy groups -OCH3 is 1. The number of nitrogens with zero attached hydrogens (tertiary/aromatic N) is 1.